The summed E-state index contributed by atoms with van der Waals surface area (Å²) in [6, 6.07) is 10.1. The molecule has 3 N–H and O–H groups in total. The standard InChI is InChI=1S/C25H29N7O2/c1-17-4-6-18(7-5-17)21-20(14-19(15-26)25(34)31-11-9-30(2)10-12-31)32(8-3-13-33)24-22(21)23(27)28-16-29-24/h4-7,14,16,33H,3,8-13H2,1-2H3,(H2,27,28,29). The molecule has 34 heavy (non-hydrogen) atoms. The molecule has 3 heterocycles. The van der Waals surface area contributed by atoms with Gasteiger partial charge >= 0.3 is 0 Å². The summed E-state index contributed by atoms with van der Waals surface area (Å²) in [5, 5.41) is 20.1. The van der Waals surface area contributed by atoms with Crippen LogP contribution in [-0.2, 0) is 11.3 Å². The molecule has 1 aliphatic heterocycles. The van der Waals surface area contributed by atoms with Crippen molar-refractivity contribution >= 4 is 28.8 Å². The van der Waals surface area contributed by atoms with E-state index in [-0.39, 0.29) is 18.1 Å². The van der Waals surface area contributed by atoms with Gasteiger partial charge in [0.05, 0.1) is 11.1 Å². The fraction of sp³-hybridized carbons (Fsp3) is 0.360. The van der Waals surface area contributed by atoms with Crippen molar-refractivity contribution in [2.24, 2.45) is 0 Å². The highest BCUT2D eigenvalue weighted by Gasteiger charge is 2.25. The van der Waals surface area contributed by atoms with Crippen LogP contribution in [0.4, 0.5) is 5.82 Å². The highest BCUT2D eigenvalue weighted by Crippen LogP contribution is 2.38. The first-order valence-electron chi connectivity index (χ1n) is 11.3. The van der Waals surface area contributed by atoms with Gasteiger partial charge in [-0.3, -0.25) is 4.79 Å². The molecule has 176 valence electrons. The number of nitrogens with two attached hydrogens (primary N) is 1. The van der Waals surface area contributed by atoms with Crippen molar-refractivity contribution in [2.45, 2.75) is 19.9 Å². The molecular formula is C25H29N7O2. The van der Waals surface area contributed by atoms with E-state index in [1.165, 1.54) is 6.33 Å². The van der Waals surface area contributed by atoms with E-state index in [0.717, 1.165) is 29.8 Å². The quantitative estimate of drug-likeness (QED) is 0.427. The van der Waals surface area contributed by atoms with E-state index in [2.05, 4.69) is 20.9 Å². The number of aliphatic hydroxyl groups is 1. The molecule has 0 unspecified atom stereocenters. The number of benzene rings is 1. The van der Waals surface area contributed by atoms with E-state index in [9.17, 15) is 15.2 Å². The number of carbonyl (C=O) groups excluding carboxylic acids is 1. The maximum atomic E-state index is 13.3. The van der Waals surface area contributed by atoms with Gasteiger partial charge in [0, 0.05) is 44.9 Å². The Morgan fingerprint density at radius 3 is 2.56 bits per heavy atom. The van der Waals surface area contributed by atoms with Crippen molar-refractivity contribution in [1.82, 2.24) is 24.3 Å². The maximum absolute atomic E-state index is 13.3. The van der Waals surface area contributed by atoms with Gasteiger partial charge < -0.3 is 25.2 Å². The summed E-state index contributed by atoms with van der Waals surface area (Å²) in [6.07, 6.45) is 3.52. The number of amides is 1. The van der Waals surface area contributed by atoms with Crippen LogP contribution >= 0.6 is 0 Å². The Hall–Kier alpha value is -3.74. The van der Waals surface area contributed by atoms with Crippen LogP contribution in [-0.4, -0.2) is 75.2 Å². The van der Waals surface area contributed by atoms with Crippen LogP contribution < -0.4 is 5.73 Å². The van der Waals surface area contributed by atoms with Gasteiger partial charge in [-0.1, -0.05) is 29.8 Å². The SMILES string of the molecule is Cc1ccc(-c2c(C=C(C#N)C(=O)N3CCN(C)CC3)n(CCCO)c3ncnc(N)c23)cc1. The zero-order valence-corrected chi connectivity index (χ0v) is 19.5. The predicted molar refractivity (Wildman–Crippen MR) is 131 cm³/mol. The van der Waals surface area contributed by atoms with Crippen LogP contribution in [0.5, 0.6) is 0 Å². The number of aromatic nitrogens is 3. The Labute approximate surface area is 198 Å². The molecule has 0 saturated carbocycles. The minimum atomic E-state index is -0.288. The van der Waals surface area contributed by atoms with Crippen molar-refractivity contribution < 1.29 is 9.90 Å². The molecule has 2 aromatic heterocycles. The first-order valence-corrected chi connectivity index (χ1v) is 11.3. The summed E-state index contributed by atoms with van der Waals surface area (Å²) in [7, 11) is 2.02. The number of piperazine rings is 1. The Morgan fingerprint density at radius 1 is 1.21 bits per heavy atom. The van der Waals surface area contributed by atoms with Crippen molar-refractivity contribution in [3.05, 3.63) is 47.4 Å². The molecule has 1 saturated heterocycles. The number of nitrogen functional groups attached to an aromatic ring is 1. The van der Waals surface area contributed by atoms with Crippen LogP contribution in [0.25, 0.3) is 28.2 Å². The number of fused-ring (bicyclic) bond motifs is 1. The average Bonchev–Trinajstić information content (AvgIpc) is 3.15. The third-order valence-electron chi connectivity index (χ3n) is 6.21. The Morgan fingerprint density at radius 2 is 1.91 bits per heavy atom. The first-order chi connectivity index (χ1) is 16.4. The molecule has 4 rings (SSSR count). The smallest absolute Gasteiger partial charge is 0.264 e. The van der Waals surface area contributed by atoms with Gasteiger partial charge in [0.15, 0.2) is 0 Å². The normalized spacial score (nSPS) is 15.0. The van der Waals surface area contributed by atoms with E-state index in [1.54, 1.807) is 11.0 Å². The van der Waals surface area contributed by atoms with Gasteiger partial charge in [-0.15, -0.1) is 0 Å². The minimum absolute atomic E-state index is 0.00537. The lowest BCUT2D eigenvalue weighted by molar-refractivity contribution is -0.128. The van der Waals surface area contributed by atoms with Crippen LogP contribution in [0.15, 0.2) is 36.2 Å². The molecular weight excluding hydrogens is 430 g/mol. The zero-order chi connectivity index (χ0) is 24.2. The Bertz CT molecular complexity index is 1260. The number of nitriles is 1. The largest absolute Gasteiger partial charge is 0.396 e. The first kappa shape index (κ1) is 23.4. The summed E-state index contributed by atoms with van der Waals surface area (Å²) in [5.41, 5.74) is 10.4. The molecule has 1 fully saturated rings. The molecule has 1 aliphatic rings. The number of hydrogen-bond donors (Lipinski definition) is 2. The lowest BCUT2D eigenvalue weighted by Crippen LogP contribution is -2.47. The second-order valence-electron chi connectivity index (χ2n) is 8.58. The molecule has 0 spiro atoms. The van der Waals surface area contributed by atoms with Crippen molar-refractivity contribution in [1.29, 1.82) is 5.26 Å². The second kappa shape index (κ2) is 10.0. The molecule has 0 aliphatic carbocycles. The molecule has 9 heteroatoms. The summed E-state index contributed by atoms with van der Waals surface area (Å²) in [6.45, 7) is 5.13. The van der Waals surface area contributed by atoms with Crippen LogP contribution in [0.1, 0.15) is 17.7 Å². The number of likely N-dealkylation sites (N-methyl/N-ethyl adjacent to an activating group) is 1. The summed E-state index contributed by atoms with van der Waals surface area (Å²) in [4.78, 5) is 25.8. The molecule has 0 radical (unpaired) electrons. The second-order valence-corrected chi connectivity index (χ2v) is 8.58. The Balaban J connectivity index is 1.93. The summed E-state index contributed by atoms with van der Waals surface area (Å²) < 4.78 is 1.91. The van der Waals surface area contributed by atoms with Gasteiger partial charge in [-0.05, 0) is 32.0 Å². The molecule has 9 nitrogen and oxygen atoms in total. The number of hydrogen-bond acceptors (Lipinski definition) is 7. The van der Waals surface area contributed by atoms with E-state index in [4.69, 9.17) is 5.73 Å². The number of carbonyl (C=O) groups is 1. The van der Waals surface area contributed by atoms with E-state index >= 15 is 0 Å². The number of nitrogens with zero attached hydrogens (tertiary/aromatic N) is 6. The number of rotatable bonds is 6. The average molecular weight is 460 g/mol. The van der Waals surface area contributed by atoms with Gasteiger partial charge in [-0.25, -0.2) is 9.97 Å². The monoisotopic (exact) mass is 459 g/mol. The number of aliphatic hydroxyl groups excluding tert-OH is 1. The Kier molecular flexibility index (Phi) is 6.91. The highest BCUT2D eigenvalue weighted by atomic mass is 16.3. The van der Waals surface area contributed by atoms with E-state index in [1.807, 2.05) is 42.8 Å². The van der Waals surface area contributed by atoms with Crippen molar-refractivity contribution in [3.8, 4) is 17.2 Å². The van der Waals surface area contributed by atoms with Crippen molar-refractivity contribution in [2.75, 3.05) is 45.6 Å². The fourth-order valence-electron chi connectivity index (χ4n) is 4.29. The minimum Gasteiger partial charge on any atom is -0.396 e. The number of aryl methyl sites for hydroxylation is 2. The van der Waals surface area contributed by atoms with Gasteiger partial charge in [0.25, 0.3) is 5.91 Å². The fourth-order valence-corrected chi connectivity index (χ4v) is 4.29. The van der Waals surface area contributed by atoms with Crippen LogP contribution in [0.3, 0.4) is 0 Å². The molecule has 1 aromatic carbocycles. The lowest BCUT2D eigenvalue weighted by Gasteiger charge is -2.32. The van der Waals surface area contributed by atoms with Crippen LogP contribution in [0, 0.1) is 18.3 Å². The maximum Gasteiger partial charge on any atom is 0.264 e. The third kappa shape index (κ3) is 4.51. The molecule has 0 bridgehead atoms. The van der Waals surface area contributed by atoms with Crippen molar-refractivity contribution in [3.63, 3.8) is 0 Å². The predicted octanol–water partition coefficient (Wildman–Crippen LogP) is 2.05. The van der Waals surface area contributed by atoms with Gasteiger partial charge in [-0.2, -0.15) is 5.26 Å². The topological polar surface area (TPSA) is 124 Å². The van der Waals surface area contributed by atoms with Gasteiger partial charge in [0.2, 0.25) is 0 Å². The summed E-state index contributed by atoms with van der Waals surface area (Å²) in [5.74, 6) is 0.0327. The molecule has 1 amide bonds. The third-order valence-corrected chi connectivity index (χ3v) is 6.21. The van der Waals surface area contributed by atoms with Crippen LogP contribution in [0.2, 0.25) is 0 Å². The highest BCUT2D eigenvalue weighted by molar-refractivity contribution is 6.08. The number of anilines is 1. The van der Waals surface area contributed by atoms with E-state index in [0.29, 0.717) is 48.6 Å². The lowest BCUT2D eigenvalue weighted by atomic mass is 10.00. The van der Waals surface area contributed by atoms with E-state index < -0.39 is 0 Å². The zero-order valence-electron chi connectivity index (χ0n) is 19.5. The molecule has 0 atom stereocenters. The molecule has 3 aromatic rings. The van der Waals surface area contributed by atoms with Gasteiger partial charge in [0.1, 0.15) is 29.4 Å². The summed E-state index contributed by atoms with van der Waals surface area (Å²) >= 11 is 0.